The first-order valence-electron chi connectivity index (χ1n) is 4.60. The number of phenols is 1. The van der Waals surface area contributed by atoms with Crippen LogP contribution in [0.5, 0.6) is 5.75 Å². The Morgan fingerprint density at radius 3 is 2.69 bits per heavy atom. The molecule has 0 bridgehead atoms. The van der Waals surface area contributed by atoms with E-state index in [9.17, 15) is 9.90 Å². The van der Waals surface area contributed by atoms with Crippen molar-refractivity contribution in [1.82, 2.24) is 0 Å². The van der Waals surface area contributed by atoms with Gasteiger partial charge in [0.25, 0.3) is 0 Å². The molecule has 0 aromatic heterocycles. The molecular formula is C10H12Cl2N2O2. The number of amides is 1. The molecule has 4 nitrogen and oxygen atoms in total. The summed E-state index contributed by atoms with van der Waals surface area (Å²) in [5, 5.41) is 12.5. The number of hydrogen-bond donors (Lipinski definition) is 3. The predicted octanol–water partition coefficient (Wildman–Crippen LogP) is 1.90. The molecule has 1 aliphatic rings. The Kier molecular flexibility index (Phi) is 3.68. The summed E-state index contributed by atoms with van der Waals surface area (Å²) >= 11 is 5.74. The van der Waals surface area contributed by atoms with Crippen LogP contribution in [0.25, 0.3) is 0 Å². The third-order valence-electron chi connectivity index (χ3n) is 2.45. The largest absolute Gasteiger partial charge is 0.506 e. The Balaban J connectivity index is 0.00000128. The zero-order valence-corrected chi connectivity index (χ0v) is 9.94. The van der Waals surface area contributed by atoms with Gasteiger partial charge < -0.3 is 16.2 Å². The molecular weight excluding hydrogens is 251 g/mol. The number of rotatable bonds is 2. The van der Waals surface area contributed by atoms with Gasteiger partial charge in [-0.15, -0.1) is 12.4 Å². The van der Waals surface area contributed by atoms with Crippen LogP contribution < -0.4 is 11.1 Å². The molecule has 1 fully saturated rings. The highest BCUT2D eigenvalue weighted by molar-refractivity contribution is 6.31. The lowest BCUT2D eigenvalue weighted by Gasteiger charge is -2.11. The first kappa shape index (κ1) is 13.1. The minimum absolute atomic E-state index is 0. The lowest BCUT2D eigenvalue weighted by Crippen LogP contribution is -2.37. The smallest absolute Gasteiger partial charge is 0.244 e. The number of hydrogen-bond acceptors (Lipinski definition) is 3. The first-order valence-corrected chi connectivity index (χ1v) is 4.98. The average molecular weight is 263 g/mol. The maximum atomic E-state index is 11.6. The van der Waals surface area contributed by atoms with Crippen LogP contribution in [0, 0.1) is 0 Å². The zero-order chi connectivity index (χ0) is 11.1. The Morgan fingerprint density at radius 1 is 1.50 bits per heavy atom. The summed E-state index contributed by atoms with van der Waals surface area (Å²) in [6.07, 6.45) is 1.36. The lowest BCUT2D eigenvalue weighted by atomic mass is 10.2. The van der Waals surface area contributed by atoms with Gasteiger partial charge in [-0.2, -0.15) is 0 Å². The van der Waals surface area contributed by atoms with Crippen molar-refractivity contribution in [2.45, 2.75) is 18.4 Å². The van der Waals surface area contributed by atoms with Gasteiger partial charge in [0.2, 0.25) is 5.91 Å². The molecule has 0 heterocycles. The average Bonchev–Trinajstić information content (AvgIpc) is 2.91. The second kappa shape index (κ2) is 4.49. The molecule has 1 aromatic rings. The standard InChI is InChI=1S/C10H11ClN2O2.ClH/c11-6-1-2-8(14)7(5-6)13-9(15)10(12)3-4-10;/h1-2,5,14H,3-4,12H2,(H,13,15);1H. The van der Waals surface area contributed by atoms with Gasteiger partial charge in [0.1, 0.15) is 5.75 Å². The summed E-state index contributed by atoms with van der Waals surface area (Å²) in [5.41, 5.74) is 5.24. The van der Waals surface area contributed by atoms with E-state index in [4.69, 9.17) is 17.3 Å². The number of carbonyl (C=O) groups excluding carboxylic acids is 1. The molecule has 0 atom stereocenters. The van der Waals surface area contributed by atoms with Crippen molar-refractivity contribution in [2.75, 3.05) is 5.32 Å². The minimum atomic E-state index is -0.755. The maximum absolute atomic E-state index is 11.6. The van der Waals surface area contributed by atoms with Crippen LogP contribution in [0.1, 0.15) is 12.8 Å². The highest BCUT2D eigenvalue weighted by Gasteiger charge is 2.46. The molecule has 0 unspecified atom stereocenters. The van der Waals surface area contributed by atoms with Gasteiger partial charge in [0.15, 0.2) is 0 Å². The second-order valence-electron chi connectivity index (χ2n) is 3.77. The van der Waals surface area contributed by atoms with E-state index in [1.54, 1.807) is 6.07 Å². The Labute approximate surface area is 104 Å². The van der Waals surface area contributed by atoms with E-state index in [-0.39, 0.29) is 24.1 Å². The number of carbonyl (C=O) groups is 1. The molecule has 0 radical (unpaired) electrons. The number of halogens is 2. The highest BCUT2D eigenvalue weighted by atomic mass is 35.5. The van der Waals surface area contributed by atoms with Gasteiger partial charge in [-0.3, -0.25) is 4.79 Å². The summed E-state index contributed by atoms with van der Waals surface area (Å²) in [5.74, 6) is -0.294. The van der Waals surface area contributed by atoms with Gasteiger partial charge in [-0.1, -0.05) is 11.6 Å². The topological polar surface area (TPSA) is 75.4 Å². The molecule has 1 saturated carbocycles. The molecule has 1 amide bonds. The number of aromatic hydroxyl groups is 1. The van der Waals surface area contributed by atoms with Gasteiger partial charge >= 0.3 is 0 Å². The molecule has 0 spiro atoms. The SMILES string of the molecule is Cl.NC1(C(=O)Nc2cc(Cl)ccc2O)CC1. The van der Waals surface area contributed by atoms with Gasteiger partial charge in [-0.05, 0) is 31.0 Å². The van der Waals surface area contributed by atoms with Crippen molar-refractivity contribution in [3.05, 3.63) is 23.2 Å². The fraction of sp³-hybridized carbons (Fsp3) is 0.300. The van der Waals surface area contributed by atoms with Crippen LogP contribution in [0.4, 0.5) is 5.69 Å². The van der Waals surface area contributed by atoms with E-state index in [0.717, 1.165) is 0 Å². The van der Waals surface area contributed by atoms with E-state index >= 15 is 0 Å². The zero-order valence-electron chi connectivity index (χ0n) is 8.37. The van der Waals surface area contributed by atoms with Crippen molar-refractivity contribution in [3.63, 3.8) is 0 Å². The summed E-state index contributed by atoms with van der Waals surface area (Å²) in [4.78, 5) is 11.6. The van der Waals surface area contributed by atoms with Crippen LogP contribution >= 0.6 is 24.0 Å². The predicted molar refractivity (Wildman–Crippen MR) is 65.1 cm³/mol. The third kappa shape index (κ3) is 2.58. The molecule has 16 heavy (non-hydrogen) atoms. The third-order valence-corrected chi connectivity index (χ3v) is 2.68. The number of benzene rings is 1. The Morgan fingerprint density at radius 2 is 2.12 bits per heavy atom. The van der Waals surface area contributed by atoms with Gasteiger partial charge in [0, 0.05) is 5.02 Å². The molecule has 2 rings (SSSR count). The molecule has 4 N–H and O–H groups in total. The molecule has 88 valence electrons. The van der Waals surface area contributed by atoms with Crippen LogP contribution in [0.2, 0.25) is 5.02 Å². The van der Waals surface area contributed by atoms with Gasteiger partial charge in [0.05, 0.1) is 11.2 Å². The molecule has 1 aliphatic carbocycles. The van der Waals surface area contributed by atoms with E-state index < -0.39 is 5.54 Å². The number of nitrogens with two attached hydrogens (primary N) is 1. The number of nitrogens with one attached hydrogen (secondary N) is 1. The summed E-state index contributed by atoms with van der Waals surface area (Å²) < 4.78 is 0. The summed E-state index contributed by atoms with van der Waals surface area (Å²) in [7, 11) is 0. The van der Waals surface area contributed by atoms with Gasteiger partial charge in [-0.25, -0.2) is 0 Å². The van der Waals surface area contributed by atoms with Crippen LogP contribution in [-0.4, -0.2) is 16.6 Å². The highest BCUT2D eigenvalue weighted by Crippen LogP contribution is 2.35. The lowest BCUT2D eigenvalue weighted by molar-refractivity contribution is -0.118. The van der Waals surface area contributed by atoms with E-state index in [1.807, 2.05) is 0 Å². The maximum Gasteiger partial charge on any atom is 0.244 e. The molecule has 0 aliphatic heterocycles. The van der Waals surface area contributed by atoms with Crippen LogP contribution in [-0.2, 0) is 4.79 Å². The van der Waals surface area contributed by atoms with Crippen molar-refractivity contribution in [1.29, 1.82) is 0 Å². The van der Waals surface area contributed by atoms with E-state index in [0.29, 0.717) is 23.6 Å². The summed E-state index contributed by atoms with van der Waals surface area (Å²) in [6.45, 7) is 0. The normalized spacial score (nSPS) is 16.1. The molecule has 0 saturated heterocycles. The Hall–Kier alpha value is -0.970. The second-order valence-corrected chi connectivity index (χ2v) is 4.21. The molecule has 1 aromatic carbocycles. The fourth-order valence-corrected chi connectivity index (χ4v) is 1.39. The van der Waals surface area contributed by atoms with E-state index in [2.05, 4.69) is 5.32 Å². The van der Waals surface area contributed by atoms with Crippen LogP contribution in [0.3, 0.4) is 0 Å². The van der Waals surface area contributed by atoms with Crippen LogP contribution in [0.15, 0.2) is 18.2 Å². The van der Waals surface area contributed by atoms with Crippen molar-refractivity contribution in [2.24, 2.45) is 5.73 Å². The summed E-state index contributed by atoms with van der Waals surface area (Å²) in [6, 6.07) is 4.45. The fourth-order valence-electron chi connectivity index (χ4n) is 1.22. The first-order chi connectivity index (χ1) is 7.01. The Bertz CT molecular complexity index is 419. The van der Waals surface area contributed by atoms with Crippen molar-refractivity contribution < 1.29 is 9.90 Å². The minimum Gasteiger partial charge on any atom is -0.506 e. The number of anilines is 1. The quantitative estimate of drug-likeness (QED) is 0.713. The van der Waals surface area contributed by atoms with Crippen molar-refractivity contribution >= 4 is 35.6 Å². The monoisotopic (exact) mass is 262 g/mol. The molecule has 6 heteroatoms. The van der Waals surface area contributed by atoms with E-state index in [1.165, 1.54) is 12.1 Å². The van der Waals surface area contributed by atoms with Crippen molar-refractivity contribution in [3.8, 4) is 5.75 Å². The number of phenolic OH excluding ortho intramolecular Hbond substituents is 1.